The highest BCUT2D eigenvalue weighted by molar-refractivity contribution is 5.74. The Labute approximate surface area is 147 Å². The van der Waals surface area contributed by atoms with E-state index in [1.807, 2.05) is 0 Å². The van der Waals surface area contributed by atoms with E-state index in [4.69, 9.17) is 0 Å². The number of hydrogen-bond donors (Lipinski definition) is 1. The van der Waals surface area contributed by atoms with Gasteiger partial charge in [-0.25, -0.2) is 4.79 Å². The maximum Gasteiger partial charge on any atom is 0.416 e. The number of carbonyl (C=O) groups is 1. The van der Waals surface area contributed by atoms with Crippen molar-refractivity contribution in [3.05, 3.63) is 35.4 Å². The molecule has 146 valence electrons. The van der Waals surface area contributed by atoms with Gasteiger partial charge in [-0.3, -0.25) is 0 Å². The molecule has 2 atom stereocenters. The summed E-state index contributed by atoms with van der Waals surface area (Å²) in [5.41, 5.74) is -0.291. The summed E-state index contributed by atoms with van der Waals surface area (Å²) in [4.78, 5) is 13.4. The van der Waals surface area contributed by atoms with E-state index in [9.17, 15) is 31.1 Å². The average Bonchev–Trinajstić information content (AvgIpc) is 2.54. The summed E-state index contributed by atoms with van der Waals surface area (Å²) in [6, 6.07) is 3.29. The van der Waals surface area contributed by atoms with E-state index in [2.05, 4.69) is 5.32 Å². The van der Waals surface area contributed by atoms with Gasteiger partial charge in [0, 0.05) is 19.6 Å². The first kappa shape index (κ1) is 20.4. The molecule has 0 radical (unpaired) electrons. The van der Waals surface area contributed by atoms with Gasteiger partial charge in [-0.1, -0.05) is 18.6 Å². The Hall–Kier alpha value is -1.93. The minimum atomic E-state index is -4.43. The second-order valence-electron chi connectivity index (χ2n) is 6.60. The lowest BCUT2D eigenvalue weighted by Crippen LogP contribution is -2.46. The number of alkyl halides is 6. The van der Waals surface area contributed by atoms with Crippen LogP contribution in [0.2, 0.25) is 0 Å². The van der Waals surface area contributed by atoms with Gasteiger partial charge >= 0.3 is 18.4 Å². The SMILES string of the molecule is CN(Cc1ccc(C(F)(F)F)cc1)C(=O)N[C@H]1CCC[C@@H](C(F)(F)F)C1. The summed E-state index contributed by atoms with van der Waals surface area (Å²) in [6.45, 7) is 0.0550. The van der Waals surface area contributed by atoms with Gasteiger partial charge in [0.1, 0.15) is 0 Å². The van der Waals surface area contributed by atoms with Crippen molar-refractivity contribution in [2.75, 3.05) is 7.05 Å². The highest BCUT2D eigenvalue weighted by Gasteiger charge is 2.42. The molecule has 1 aromatic rings. The molecule has 9 heteroatoms. The summed E-state index contributed by atoms with van der Waals surface area (Å²) in [7, 11) is 1.44. The molecule has 0 heterocycles. The number of nitrogens with zero attached hydrogens (tertiary/aromatic N) is 1. The summed E-state index contributed by atoms with van der Waals surface area (Å²) in [5.74, 6) is -1.42. The van der Waals surface area contributed by atoms with Crippen LogP contribution in [0.4, 0.5) is 31.1 Å². The van der Waals surface area contributed by atoms with E-state index in [1.54, 1.807) is 0 Å². The van der Waals surface area contributed by atoms with Gasteiger partial charge in [0.2, 0.25) is 0 Å². The predicted molar refractivity (Wildman–Crippen MR) is 83.2 cm³/mol. The summed E-state index contributed by atoms with van der Waals surface area (Å²) in [6.07, 6.45) is -7.92. The van der Waals surface area contributed by atoms with Crippen molar-refractivity contribution in [1.82, 2.24) is 10.2 Å². The van der Waals surface area contributed by atoms with Gasteiger partial charge < -0.3 is 10.2 Å². The first-order chi connectivity index (χ1) is 12.0. The lowest BCUT2D eigenvalue weighted by molar-refractivity contribution is -0.183. The fourth-order valence-electron chi connectivity index (χ4n) is 3.05. The molecular weight excluding hydrogens is 362 g/mol. The zero-order valence-electron chi connectivity index (χ0n) is 14.1. The van der Waals surface area contributed by atoms with Crippen LogP contribution in [0.5, 0.6) is 0 Å². The standard InChI is InChI=1S/C17H20F6N2O/c1-25(10-11-5-7-12(8-6-11)16(18,19)20)15(26)24-14-4-2-3-13(9-14)17(21,22)23/h5-8,13-14H,2-4,9-10H2,1H3,(H,24,26)/t13-,14+/m1/s1. The minimum Gasteiger partial charge on any atom is -0.335 e. The molecule has 1 saturated carbocycles. The Morgan fingerprint density at radius 3 is 2.27 bits per heavy atom. The topological polar surface area (TPSA) is 32.3 Å². The molecule has 1 N–H and O–H groups in total. The number of nitrogens with one attached hydrogen (secondary N) is 1. The van der Waals surface area contributed by atoms with Gasteiger partial charge in [0.25, 0.3) is 0 Å². The molecule has 0 spiro atoms. The predicted octanol–water partition coefficient (Wildman–Crippen LogP) is 4.97. The Balaban J connectivity index is 1.89. The van der Waals surface area contributed by atoms with Crippen LogP contribution in [0.25, 0.3) is 0 Å². The van der Waals surface area contributed by atoms with Crippen LogP contribution in [0.1, 0.15) is 36.8 Å². The van der Waals surface area contributed by atoms with Crippen LogP contribution in [0.3, 0.4) is 0 Å². The van der Waals surface area contributed by atoms with Crippen molar-refractivity contribution >= 4 is 6.03 Å². The number of halogens is 6. The van der Waals surface area contributed by atoms with Gasteiger partial charge in [-0.2, -0.15) is 26.3 Å². The lowest BCUT2D eigenvalue weighted by atomic mass is 9.85. The van der Waals surface area contributed by atoms with Crippen molar-refractivity contribution in [2.45, 2.75) is 50.6 Å². The third kappa shape index (κ3) is 5.54. The molecule has 0 bridgehead atoms. The fourth-order valence-corrected chi connectivity index (χ4v) is 3.05. The van der Waals surface area contributed by atoms with Gasteiger partial charge in [-0.15, -0.1) is 0 Å². The molecule has 2 rings (SSSR count). The lowest BCUT2D eigenvalue weighted by Gasteiger charge is -2.32. The second-order valence-corrected chi connectivity index (χ2v) is 6.60. The van der Waals surface area contributed by atoms with Crippen LogP contribution >= 0.6 is 0 Å². The largest absolute Gasteiger partial charge is 0.416 e. The van der Waals surface area contributed by atoms with E-state index in [0.717, 1.165) is 12.1 Å². The number of rotatable bonds is 3. The van der Waals surface area contributed by atoms with Crippen LogP contribution in [-0.4, -0.2) is 30.2 Å². The highest BCUT2D eigenvalue weighted by Crippen LogP contribution is 2.37. The molecular formula is C17H20F6N2O. The van der Waals surface area contributed by atoms with E-state index < -0.39 is 35.9 Å². The van der Waals surface area contributed by atoms with Crippen LogP contribution < -0.4 is 5.32 Å². The first-order valence-corrected chi connectivity index (χ1v) is 8.21. The van der Waals surface area contributed by atoms with E-state index >= 15 is 0 Å². The van der Waals surface area contributed by atoms with Crippen LogP contribution in [-0.2, 0) is 12.7 Å². The fraction of sp³-hybridized carbons (Fsp3) is 0.588. The zero-order valence-corrected chi connectivity index (χ0v) is 14.1. The first-order valence-electron chi connectivity index (χ1n) is 8.21. The number of amides is 2. The van der Waals surface area contributed by atoms with Crippen molar-refractivity contribution < 1.29 is 31.1 Å². The third-order valence-corrected chi connectivity index (χ3v) is 4.51. The highest BCUT2D eigenvalue weighted by atomic mass is 19.4. The summed E-state index contributed by atoms with van der Waals surface area (Å²) >= 11 is 0. The molecule has 0 aromatic heterocycles. The smallest absolute Gasteiger partial charge is 0.335 e. The number of urea groups is 1. The Bertz CT molecular complexity index is 611. The van der Waals surface area contributed by atoms with Gasteiger partial charge in [0.15, 0.2) is 0 Å². The maximum atomic E-state index is 12.8. The quantitative estimate of drug-likeness (QED) is 0.736. The van der Waals surface area contributed by atoms with Gasteiger partial charge in [0.05, 0.1) is 11.5 Å². The molecule has 1 fully saturated rings. The molecule has 26 heavy (non-hydrogen) atoms. The molecule has 2 amide bonds. The molecule has 0 saturated heterocycles. The number of benzene rings is 1. The molecule has 0 aliphatic heterocycles. The summed E-state index contributed by atoms with van der Waals surface area (Å²) < 4.78 is 76.0. The Morgan fingerprint density at radius 1 is 1.12 bits per heavy atom. The van der Waals surface area contributed by atoms with Crippen molar-refractivity contribution in [1.29, 1.82) is 0 Å². The Kier molecular flexibility index (Phi) is 6.08. The van der Waals surface area contributed by atoms with Crippen molar-refractivity contribution in [3.63, 3.8) is 0 Å². The van der Waals surface area contributed by atoms with E-state index in [-0.39, 0.29) is 19.4 Å². The van der Waals surface area contributed by atoms with Crippen LogP contribution in [0, 0.1) is 5.92 Å². The van der Waals surface area contributed by atoms with Crippen molar-refractivity contribution in [3.8, 4) is 0 Å². The molecule has 3 nitrogen and oxygen atoms in total. The summed E-state index contributed by atoms with van der Waals surface area (Å²) in [5, 5.41) is 2.58. The second kappa shape index (κ2) is 7.75. The van der Waals surface area contributed by atoms with E-state index in [0.29, 0.717) is 18.4 Å². The monoisotopic (exact) mass is 382 g/mol. The molecule has 1 aromatic carbocycles. The number of hydrogen-bond acceptors (Lipinski definition) is 1. The third-order valence-electron chi connectivity index (χ3n) is 4.51. The average molecular weight is 382 g/mol. The molecule has 1 aliphatic carbocycles. The Morgan fingerprint density at radius 2 is 1.73 bits per heavy atom. The molecule has 0 unspecified atom stereocenters. The molecule has 1 aliphatic rings. The number of carbonyl (C=O) groups excluding carboxylic acids is 1. The van der Waals surface area contributed by atoms with E-state index in [1.165, 1.54) is 24.1 Å². The maximum absolute atomic E-state index is 12.8. The minimum absolute atomic E-state index is 0.0550. The van der Waals surface area contributed by atoms with Crippen molar-refractivity contribution in [2.24, 2.45) is 5.92 Å². The van der Waals surface area contributed by atoms with Gasteiger partial charge in [-0.05, 0) is 37.0 Å². The van der Waals surface area contributed by atoms with Crippen LogP contribution in [0.15, 0.2) is 24.3 Å². The normalized spacial score (nSPS) is 21.3. The zero-order chi connectivity index (χ0) is 19.5.